The summed E-state index contributed by atoms with van der Waals surface area (Å²) in [6.07, 6.45) is 3.75. The molecule has 3 nitrogen and oxygen atoms in total. The van der Waals surface area contributed by atoms with E-state index in [2.05, 4.69) is 16.6 Å². The van der Waals surface area contributed by atoms with Crippen molar-refractivity contribution < 1.29 is 0 Å². The fourth-order valence-corrected chi connectivity index (χ4v) is 1.56. The minimum Gasteiger partial charge on any atom is -0.383 e. The van der Waals surface area contributed by atoms with Crippen LogP contribution in [-0.4, -0.2) is 10.9 Å². The molecule has 0 aromatic carbocycles. The van der Waals surface area contributed by atoms with Crippen LogP contribution in [0.2, 0.25) is 0 Å². The number of nitrogens with one attached hydrogen (secondary N) is 1. The van der Waals surface area contributed by atoms with Crippen molar-refractivity contribution in [3.63, 3.8) is 0 Å². The number of unbranched alkanes of at least 4 members (excludes halogenated alkanes) is 2. The van der Waals surface area contributed by atoms with Crippen LogP contribution in [0.15, 0.2) is 6.07 Å². The van der Waals surface area contributed by atoms with E-state index in [4.69, 9.17) is 5.73 Å². The molecule has 0 saturated carbocycles. The summed E-state index contributed by atoms with van der Waals surface area (Å²) in [6, 6.07) is 1.87. The molecule has 0 bridgehead atoms. The first-order valence-electron chi connectivity index (χ1n) is 4.29. The van der Waals surface area contributed by atoms with Crippen molar-refractivity contribution in [1.82, 2.24) is 4.37 Å². The standard InChI is InChI=1S/C8H15N3S/c1-2-3-4-5-10-8-6-7(9)11-12-8/h6,10H,2-5H2,1H3,(H2,9,11). The molecule has 0 radical (unpaired) electrons. The predicted molar refractivity (Wildman–Crippen MR) is 54.5 cm³/mol. The number of rotatable bonds is 5. The lowest BCUT2D eigenvalue weighted by molar-refractivity contribution is 0.744. The molecular formula is C8H15N3S. The van der Waals surface area contributed by atoms with E-state index >= 15 is 0 Å². The normalized spacial score (nSPS) is 10.1. The van der Waals surface area contributed by atoms with Crippen molar-refractivity contribution in [3.8, 4) is 0 Å². The number of nitrogen functional groups attached to an aromatic ring is 1. The summed E-state index contributed by atoms with van der Waals surface area (Å²) in [6.45, 7) is 3.22. The zero-order chi connectivity index (χ0) is 8.81. The summed E-state index contributed by atoms with van der Waals surface area (Å²) >= 11 is 1.42. The Morgan fingerprint density at radius 2 is 2.42 bits per heavy atom. The van der Waals surface area contributed by atoms with Crippen molar-refractivity contribution in [2.45, 2.75) is 26.2 Å². The molecule has 0 aliphatic carbocycles. The van der Waals surface area contributed by atoms with Gasteiger partial charge in [0.2, 0.25) is 0 Å². The third-order valence-electron chi connectivity index (χ3n) is 1.61. The number of nitrogens with zero attached hydrogens (tertiary/aromatic N) is 1. The summed E-state index contributed by atoms with van der Waals surface area (Å²) in [7, 11) is 0. The zero-order valence-electron chi connectivity index (χ0n) is 7.34. The molecule has 1 aromatic rings. The number of hydrogen-bond donors (Lipinski definition) is 2. The summed E-state index contributed by atoms with van der Waals surface area (Å²) in [5.74, 6) is 0.609. The first-order chi connectivity index (χ1) is 5.83. The van der Waals surface area contributed by atoms with Crippen molar-refractivity contribution in [2.75, 3.05) is 17.6 Å². The molecule has 0 aliphatic rings. The zero-order valence-corrected chi connectivity index (χ0v) is 8.16. The van der Waals surface area contributed by atoms with Crippen LogP contribution < -0.4 is 11.1 Å². The van der Waals surface area contributed by atoms with Gasteiger partial charge in [-0.2, -0.15) is 4.37 Å². The van der Waals surface area contributed by atoms with Gasteiger partial charge in [-0.05, 0) is 18.0 Å². The smallest absolute Gasteiger partial charge is 0.139 e. The van der Waals surface area contributed by atoms with Gasteiger partial charge in [-0.1, -0.05) is 19.8 Å². The Morgan fingerprint density at radius 3 is 3.00 bits per heavy atom. The SMILES string of the molecule is CCCCCNc1cc(N)ns1. The molecule has 4 heteroatoms. The molecule has 0 amide bonds. The van der Waals surface area contributed by atoms with Gasteiger partial charge in [0.15, 0.2) is 0 Å². The van der Waals surface area contributed by atoms with Crippen LogP contribution in [0.25, 0.3) is 0 Å². The molecule has 12 heavy (non-hydrogen) atoms. The van der Waals surface area contributed by atoms with Gasteiger partial charge < -0.3 is 11.1 Å². The summed E-state index contributed by atoms with van der Waals surface area (Å²) < 4.78 is 3.97. The van der Waals surface area contributed by atoms with E-state index in [0.717, 1.165) is 11.5 Å². The summed E-state index contributed by atoms with van der Waals surface area (Å²) in [5, 5.41) is 4.35. The van der Waals surface area contributed by atoms with Gasteiger partial charge >= 0.3 is 0 Å². The second kappa shape index (κ2) is 4.98. The van der Waals surface area contributed by atoms with E-state index < -0.39 is 0 Å². The number of aromatic nitrogens is 1. The third kappa shape index (κ3) is 3.09. The quantitative estimate of drug-likeness (QED) is 0.692. The van der Waals surface area contributed by atoms with Gasteiger partial charge in [-0.15, -0.1) is 0 Å². The second-order valence-corrected chi connectivity index (χ2v) is 3.55. The van der Waals surface area contributed by atoms with Gasteiger partial charge in [0.25, 0.3) is 0 Å². The Bertz CT molecular complexity index is 222. The highest BCUT2D eigenvalue weighted by molar-refractivity contribution is 7.10. The highest BCUT2D eigenvalue weighted by atomic mass is 32.1. The Morgan fingerprint density at radius 1 is 1.58 bits per heavy atom. The van der Waals surface area contributed by atoms with E-state index in [9.17, 15) is 0 Å². The fourth-order valence-electron chi connectivity index (χ4n) is 0.959. The van der Waals surface area contributed by atoms with Crippen molar-refractivity contribution >= 4 is 22.4 Å². The number of nitrogens with two attached hydrogens (primary N) is 1. The summed E-state index contributed by atoms with van der Waals surface area (Å²) in [5.41, 5.74) is 5.47. The van der Waals surface area contributed by atoms with Crippen LogP contribution in [-0.2, 0) is 0 Å². The van der Waals surface area contributed by atoms with Gasteiger partial charge in [0.05, 0.1) is 0 Å². The molecule has 0 aliphatic heterocycles. The average Bonchev–Trinajstić information content (AvgIpc) is 2.45. The fraction of sp³-hybridized carbons (Fsp3) is 0.625. The molecule has 0 unspecified atom stereocenters. The van der Waals surface area contributed by atoms with Crippen LogP contribution in [0.1, 0.15) is 26.2 Å². The second-order valence-electron chi connectivity index (χ2n) is 2.75. The molecule has 3 N–H and O–H groups in total. The van der Waals surface area contributed by atoms with Crippen LogP contribution in [0.4, 0.5) is 10.8 Å². The molecule has 0 saturated heterocycles. The Hall–Kier alpha value is -0.770. The van der Waals surface area contributed by atoms with E-state index in [-0.39, 0.29) is 0 Å². The van der Waals surface area contributed by atoms with E-state index in [1.807, 2.05) is 6.07 Å². The lowest BCUT2D eigenvalue weighted by atomic mass is 10.2. The van der Waals surface area contributed by atoms with Gasteiger partial charge in [0.1, 0.15) is 10.8 Å². The Balaban J connectivity index is 2.15. The largest absolute Gasteiger partial charge is 0.383 e. The monoisotopic (exact) mass is 185 g/mol. The molecule has 1 rings (SSSR count). The highest BCUT2D eigenvalue weighted by Crippen LogP contribution is 2.17. The lowest BCUT2D eigenvalue weighted by Gasteiger charge is -2.00. The Labute approximate surface area is 77.1 Å². The molecular weight excluding hydrogens is 170 g/mol. The topological polar surface area (TPSA) is 50.9 Å². The minimum atomic E-state index is 0.609. The molecule has 1 aromatic heterocycles. The van der Waals surface area contributed by atoms with E-state index in [0.29, 0.717) is 5.82 Å². The lowest BCUT2D eigenvalue weighted by Crippen LogP contribution is -1.98. The number of anilines is 2. The molecule has 1 heterocycles. The molecule has 0 atom stereocenters. The molecule has 0 spiro atoms. The van der Waals surface area contributed by atoms with Gasteiger partial charge in [0, 0.05) is 12.6 Å². The van der Waals surface area contributed by atoms with E-state index in [1.165, 1.54) is 30.8 Å². The highest BCUT2D eigenvalue weighted by Gasteiger charge is 1.95. The maximum atomic E-state index is 5.47. The van der Waals surface area contributed by atoms with Crippen molar-refractivity contribution in [3.05, 3.63) is 6.07 Å². The van der Waals surface area contributed by atoms with Crippen LogP contribution >= 0.6 is 11.5 Å². The molecule has 68 valence electrons. The maximum absolute atomic E-state index is 5.47. The maximum Gasteiger partial charge on any atom is 0.139 e. The van der Waals surface area contributed by atoms with Crippen LogP contribution in [0.3, 0.4) is 0 Å². The van der Waals surface area contributed by atoms with Crippen LogP contribution in [0.5, 0.6) is 0 Å². The van der Waals surface area contributed by atoms with Crippen molar-refractivity contribution in [2.24, 2.45) is 0 Å². The van der Waals surface area contributed by atoms with Gasteiger partial charge in [-0.3, -0.25) is 0 Å². The van der Waals surface area contributed by atoms with E-state index in [1.54, 1.807) is 0 Å². The third-order valence-corrected chi connectivity index (χ3v) is 2.37. The average molecular weight is 185 g/mol. The van der Waals surface area contributed by atoms with Crippen molar-refractivity contribution in [1.29, 1.82) is 0 Å². The van der Waals surface area contributed by atoms with Gasteiger partial charge in [-0.25, -0.2) is 0 Å². The first-order valence-corrected chi connectivity index (χ1v) is 5.06. The predicted octanol–water partition coefficient (Wildman–Crippen LogP) is 2.33. The Kier molecular flexibility index (Phi) is 3.87. The van der Waals surface area contributed by atoms with Crippen LogP contribution in [0, 0.1) is 0 Å². The first kappa shape index (κ1) is 9.32. The summed E-state index contributed by atoms with van der Waals surface area (Å²) in [4.78, 5) is 0. The number of hydrogen-bond acceptors (Lipinski definition) is 4. The molecule has 0 fully saturated rings. The minimum absolute atomic E-state index is 0.609.